The van der Waals surface area contributed by atoms with Gasteiger partial charge >= 0.3 is 6.09 Å². The van der Waals surface area contributed by atoms with Crippen LogP contribution in [0.15, 0.2) is 24.3 Å². The minimum Gasteiger partial charge on any atom is -0.490 e. The van der Waals surface area contributed by atoms with E-state index in [1.54, 1.807) is 0 Å². The molecular formula is C23H33NO5. The fourth-order valence-electron chi connectivity index (χ4n) is 4.36. The molecule has 2 aliphatic rings. The van der Waals surface area contributed by atoms with Crippen molar-refractivity contribution in [2.75, 3.05) is 13.2 Å². The monoisotopic (exact) mass is 403 g/mol. The molecule has 2 saturated heterocycles. The molecule has 0 saturated carbocycles. The molecule has 0 radical (unpaired) electrons. The van der Waals surface area contributed by atoms with Crippen molar-refractivity contribution in [3.05, 3.63) is 24.3 Å². The molecule has 29 heavy (non-hydrogen) atoms. The molecule has 1 aromatic carbocycles. The number of amides is 1. The number of hydrogen-bond acceptors (Lipinski definition) is 5. The van der Waals surface area contributed by atoms with Crippen LogP contribution in [0.2, 0.25) is 0 Å². The number of nitrogens with zero attached hydrogens (tertiary/aromatic N) is 1. The second-order valence-electron chi connectivity index (χ2n) is 8.89. The number of carbonyl (C=O) groups excluding carboxylic acids is 2. The zero-order valence-corrected chi connectivity index (χ0v) is 18.0. The first-order valence-corrected chi connectivity index (χ1v) is 10.7. The highest BCUT2D eigenvalue weighted by Gasteiger charge is 2.46. The first kappa shape index (κ1) is 21.5. The van der Waals surface area contributed by atoms with E-state index in [-0.39, 0.29) is 29.9 Å². The summed E-state index contributed by atoms with van der Waals surface area (Å²) in [4.78, 5) is 27.2. The Morgan fingerprint density at radius 1 is 1.03 bits per heavy atom. The summed E-state index contributed by atoms with van der Waals surface area (Å²) in [6.07, 6.45) is 3.48. The van der Waals surface area contributed by atoms with Crippen molar-refractivity contribution < 1.29 is 23.8 Å². The molecule has 2 atom stereocenters. The first-order chi connectivity index (χ1) is 13.8. The van der Waals surface area contributed by atoms with Crippen molar-refractivity contribution >= 4 is 11.9 Å². The number of para-hydroxylation sites is 2. The summed E-state index contributed by atoms with van der Waals surface area (Å²) in [5, 5.41) is 0. The maximum absolute atomic E-state index is 12.8. The molecule has 2 unspecified atom stereocenters. The van der Waals surface area contributed by atoms with E-state index in [9.17, 15) is 9.59 Å². The molecule has 6 nitrogen and oxygen atoms in total. The SMILES string of the molecule is CCOc1ccccc1OCCC(=O)C1CC2CCC(C1)N2C(=O)OC(C)(C)C. The van der Waals surface area contributed by atoms with E-state index in [0.717, 1.165) is 25.7 Å². The van der Waals surface area contributed by atoms with Crippen LogP contribution in [0.4, 0.5) is 4.79 Å². The van der Waals surface area contributed by atoms with Crippen LogP contribution in [-0.2, 0) is 9.53 Å². The summed E-state index contributed by atoms with van der Waals surface area (Å²) >= 11 is 0. The number of piperidine rings is 1. The number of hydrogen-bond donors (Lipinski definition) is 0. The van der Waals surface area contributed by atoms with Gasteiger partial charge in [0.2, 0.25) is 0 Å². The smallest absolute Gasteiger partial charge is 0.410 e. The first-order valence-electron chi connectivity index (χ1n) is 10.7. The summed E-state index contributed by atoms with van der Waals surface area (Å²) in [5.74, 6) is 1.59. The van der Waals surface area contributed by atoms with Gasteiger partial charge in [0.1, 0.15) is 11.4 Å². The van der Waals surface area contributed by atoms with Crippen LogP contribution >= 0.6 is 0 Å². The molecular weight excluding hydrogens is 370 g/mol. The minimum atomic E-state index is -0.502. The number of carbonyl (C=O) groups is 2. The van der Waals surface area contributed by atoms with Crippen molar-refractivity contribution in [2.24, 2.45) is 5.92 Å². The van der Waals surface area contributed by atoms with Gasteiger partial charge in [-0.25, -0.2) is 4.79 Å². The molecule has 3 rings (SSSR count). The van der Waals surface area contributed by atoms with Gasteiger partial charge < -0.3 is 19.1 Å². The lowest BCUT2D eigenvalue weighted by Crippen LogP contribution is -2.49. The van der Waals surface area contributed by atoms with Crippen LogP contribution in [0.25, 0.3) is 0 Å². The van der Waals surface area contributed by atoms with Gasteiger partial charge in [-0.2, -0.15) is 0 Å². The van der Waals surface area contributed by atoms with Gasteiger partial charge in [-0.3, -0.25) is 4.79 Å². The highest BCUT2D eigenvalue weighted by atomic mass is 16.6. The van der Waals surface area contributed by atoms with Crippen LogP contribution in [0.3, 0.4) is 0 Å². The Morgan fingerprint density at radius 3 is 2.17 bits per heavy atom. The van der Waals surface area contributed by atoms with Crippen LogP contribution in [0.5, 0.6) is 11.5 Å². The molecule has 0 N–H and O–H groups in total. The van der Waals surface area contributed by atoms with Gasteiger partial charge in [0.15, 0.2) is 11.5 Å². The number of fused-ring (bicyclic) bond motifs is 2. The Bertz CT molecular complexity index is 712. The Morgan fingerprint density at radius 2 is 1.62 bits per heavy atom. The lowest BCUT2D eigenvalue weighted by Gasteiger charge is -2.39. The summed E-state index contributed by atoms with van der Waals surface area (Å²) in [5.41, 5.74) is -0.502. The van der Waals surface area contributed by atoms with E-state index in [4.69, 9.17) is 14.2 Å². The second kappa shape index (κ2) is 9.06. The maximum atomic E-state index is 12.8. The molecule has 160 valence electrons. The Labute approximate surface area is 173 Å². The molecule has 0 aromatic heterocycles. The predicted octanol–water partition coefficient (Wildman–Crippen LogP) is 4.60. The van der Waals surface area contributed by atoms with E-state index >= 15 is 0 Å². The summed E-state index contributed by atoms with van der Waals surface area (Å²) in [6, 6.07) is 7.73. The summed E-state index contributed by atoms with van der Waals surface area (Å²) < 4.78 is 16.9. The van der Waals surface area contributed by atoms with Crippen LogP contribution in [-0.4, -0.2) is 47.7 Å². The molecule has 0 spiro atoms. The Kier molecular flexibility index (Phi) is 6.70. The van der Waals surface area contributed by atoms with Gasteiger partial charge in [-0.15, -0.1) is 0 Å². The molecule has 0 aliphatic carbocycles. The quantitative estimate of drug-likeness (QED) is 0.666. The number of benzene rings is 1. The summed E-state index contributed by atoms with van der Waals surface area (Å²) in [6.45, 7) is 8.48. The minimum absolute atomic E-state index is 0.00285. The van der Waals surface area contributed by atoms with Gasteiger partial charge in [0.05, 0.1) is 13.2 Å². The van der Waals surface area contributed by atoms with E-state index in [1.165, 1.54) is 0 Å². The maximum Gasteiger partial charge on any atom is 0.410 e. The third kappa shape index (κ3) is 5.43. The van der Waals surface area contributed by atoms with Crippen molar-refractivity contribution in [1.82, 2.24) is 4.90 Å². The molecule has 6 heteroatoms. The largest absolute Gasteiger partial charge is 0.490 e. The highest BCUT2D eigenvalue weighted by molar-refractivity contribution is 5.82. The fraction of sp³-hybridized carbons (Fsp3) is 0.652. The van der Waals surface area contributed by atoms with E-state index in [0.29, 0.717) is 31.1 Å². The molecule has 2 fully saturated rings. The van der Waals surface area contributed by atoms with Crippen LogP contribution in [0, 0.1) is 5.92 Å². The predicted molar refractivity (Wildman–Crippen MR) is 110 cm³/mol. The highest BCUT2D eigenvalue weighted by Crippen LogP contribution is 2.40. The average molecular weight is 404 g/mol. The topological polar surface area (TPSA) is 65.1 Å². The Balaban J connectivity index is 1.51. The normalized spacial score (nSPS) is 23.6. The number of rotatable bonds is 7. The molecule has 2 bridgehead atoms. The van der Waals surface area contributed by atoms with Crippen molar-refractivity contribution in [2.45, 2.75) is 77.5 Å². The molecule has 2 heterocycles. The molecule has 2 aliphatic heterocycles. The Hall–Kier alpha value is -2.24. The van der Waals surface area contributed by atoms with Crippen LogP contribution in [0.1, 0.15) is 59.8 Å². The van der Waals surface area contributed by atoms with Gasteiger partial charge in [-0.1, -0.05) is 12.1 Å². The third-order valence-electron chi connectivity index (χ3n) is 5.55. The average Bonchev–Trinajstić information content (AvgIpc) is 2.92. The van der Waals surface area contributed by atoms with Gasteiger partial charge in [0, 0.05) is 24.4 Å². The fourth-order valence-corrected chi connectivity index (χ4v) is 4.36. The van der Waals surface area contributed by atoms with Crippen molar-refractivity contribution in [3.8, 4) is 11.5 Å². The molecule has 1 amide bonds. The number of ketones is 1. The second-order valence-corrected chi connectivity index (χ2v) is 8.89. The number of ether oxygens (including phenoxy) is 3. The lowest BCUT2D eigenvalue weighted by atomic mass is 9.86. The zero-order valence-electron chi connectivity index (χ0n) is 18.0. The lowest BCUT2D eigenvalue weighted by molar-refractivity contribution is -0.125. The van der Waals surface area contributed by atoms with Crippen molar-refractivity contribution in [3.63, 3.8) is 0 Å². The standard InChI is InChI=1S/C23H33NO5/c1-5-27-20-8-6-7-9-21(20)28-13-12-19(25)16-14-17-10-11-18(15-16)24(17)22(26)29-23(2,3)4/h6-9,16-18H,5,10-15H2,1-4H3. The van der Waals surface area contributed by atoms with E-state index in [2.05, 4.69) is 0 Å². The summed E-state index contributed by atoms with van der Waals surface area (Å²) in [7, 11) is 0. The van der Waals surface area contributed by atoms with Gasteiger partial charge in [0.25, 0.3) is 0 Å². The zero-order chi connectivity index (χ0) is 21.0. The van der Waals surface area contributed by atoms with Crippen LogP contribution < -0.4 is 9.47 Å². The third-order valence-corrected chi connectivity index (χ3v) is 5.55. The van der Waals surface area contributed by atoms with E-state index in [1.807, 2.05) is 56.9 Å². The van der Waals surface area contributed by atoms with Crippen molar-refractivity contribution in [1.29, 1.82) is 0 Å². The van der Waals surface area contributed by atoms with Gasteiger partial charge in [-0.05, 0) is 65.5 Å². The van der Waals surface area contributed by atoms with E-state index < -0.39 is 5.60 Å². The molecule has 1 aromatic rings. The number of Topliss-reactive ketones (excluding diaryl/α,β-unsaturated/α-hetero) is 1.